The number of ether oxygens (including phenoxy) is 1. The van der Waals surface area contributed by atoms with E-state index in [1.54, 1.807) is 31.4 Å². The van der Waals surface area contributed by atoms with E-state index in [4.69, 9.17) is 16.3 Å². The highest BCUT2D eigenvalue weighted by molar-refractivity contribution is 6.30. The molecular weight excluding hydrogens is 436 g/mol. The van der Waals surface area contributed by atoms with Crippen LogP contribution in [-0.4, -0.2) is 54.2 Å². The molecule has 33 heavy (non-hydrogen) atoms. The average Bonchev–Trinajstić information content (AvgIpc) is 2.87. The number of aliphatic hydroxyl groups is 1. The number of methoxy groups -OCH3 is 1. The molecule has 4 aliphatic rings. The van der Waals surface area contributed by atoms with E-state index in [1.807, 2.05) is 24.3 Å². The molecule has 0 aromatic heterocycles. The Kier molecular flexibility index (Phi) is 6.04. The Bertz CT molecular complexity index is 1100. The molecule has 2 aromatic rings. The van der Waals surface area contributed by atoms with Crippen molar-refractivity contribution in [1.82, 2.24) is 4.90 Å². The highest BCUT2D eigenvalue weighted by atomic mass is 35.5. The van der Waals surface area contributed by atoms with E-state index in [0.29, 0.717) is 28.2 Å². The standard InChI is InChI=1S/C27H29ClN2O3/c1-3-16-15-30-11-10-18(16)12-25(30)27(32)22-14-24(26(31)17-4-6-19(28)7-5-17)29-23-9-8-20(33-2)13-21(22)23/h3-9,13-14,16,18,24-25,27,29,32H,1,10-12,15H2,2H3/t16-,18?,24?,25-,27+/m0/s1. The van der Waals surface area contributed by atoms with Gasteiger partial charge in [-0.1, -0.05) is 17.7 Å². The van der Waals surface area contributed by atoms with Crippen molar-refractivity contribution in [2.45, 2.75) is 31.0 Å². The van der Waals surface area contributed by atoms with Gasteiger partial charge in [-0.05, 0) is 85.3 Å². The summed E-state index contributed by atoms with van der Waals surface area (Å²) in [5.41, 5.74) is 3.06. The predicted octanol–water partition coefficient (Wildman–Crippen LogP) is 4.67. The Balaban J connectivity index is 1.50. The predicted molar refractivity (Wildman–Crippen MR) is 132 cm³/mol. The van der Waals surface area contributed by atoms with Crippen molar-refractivity contribution >= 4 is 28.6 Å². The van der Waals surface area contributed by atoms with Crippen LogP contribution in [0, 0.1) is 11.8 Å². The number of carbonyl (C=O) groups excluding carboxylic acids is 1. The maximum Gasteiger partial charge on any atom is 0.188 e. The number of anilines is 1. The van der Waals surface area contributed by atoms with Crippen LogP contribution in [0.3, 0.4) is 0 Å². The summed E-state index contributed by atoms with van der Waals surface area (Å²) in [5.74, 6) is 1.69. The van der Waals surface area contributed by atoms with Gasteiger partial charge in [-0.25, -0.2) is 0 Å². The number of hydrogen-bond donors (Lipinski definition) is 2. The molecule has 4 heterocycles. The van der Waals surface area contributed by atoms with Gasteiger partial charge in [0.2, 0.25) is 0 Å². The van der Waals surface area contributed by atoms with E-state index in [2.05, 4.69) is 22.9 Å². The van der Waals surface area contributed by atoms with Gasteiger partial charge in [0, 0.05) is 34.4 Å². The maximum atomic E-state index is 13.3. The minimum Gasteiger partial charge on any atom is -0.497 e. The zero-order chi connectivity index (χ0) is 23.1. The molecule has 3 fully saturated rings. The molecule has 6 rings (SSSR count). The minimum absolute atomic E-state index is 0.0228. The van der Waals surface area contributed by atoms with Gasteiger partial charge in [-0.2, -0.15) is 0 Å². The number of rotatable bonds is 6. The minimum atomic E-state index is -0.702. The highest BCUT2D eigenvalue weighted by Gasteiger charge is 2.43. The summed E-state index contributed by atoms with van der Waals surface area (Å²) in [6, 6.07) is 12.1. The molecule has 2 bridgehead atoms. The molecule has 2 N–H and O–H groups in total. The fourth-order valence-electron chi connectivity index (χ4n) is 5.60. The highest BCUT2D eigenvalue weighted by Crippen LogP contribution is 2.42. The van der Waals surface area contributed by atoms with Crippen LogP contribution >= 0.6 is 11.6 Å². The molecule has 6 atom stereocenters. The number of Topliss-reactive ketones (excluding diaryl/α,β-unsaturated/α-hetero) is 1. The third kappa shape index (κ3) is 4.10. The summed E-state index contributed by atoms with van der Waals surface area (Å²) in [7, 11) is 1.63. The fourth-order valence-corrected chi connectivity index (χ4v) is 5.73. The lowest BCUT2D eigenvalue weighted by molar-refractivity contribution is -0.0254. The summed E-state index contributed by atoms with van der Waals surface area (Å²) in [5, 5.41) is 15.6. The normalized spacial score (nSPS) is 28.8. The molecule has 0 saturated carbocycles. The van der Waals surface area contributed by atoms with Gasteiger partial charge in [0.1, 0.15) is 11.8 Å². The van der Waals surface area contributed by atoms with E-state index >= 15 is 0 Å². The van der Waals surface area contributed by atoms with E-state index in [1.165, 1.54) is 0 Å². The van der Waals surface area contributed by atoms with Crippen molar-refractivity contribution < 1.29 is 14.6 Å². The molecule has 172 valence electrons. The smallest absolute Gasteiger partial charge is 0.188 e. The Hall–Kier alpha value is -2.60. The third-order valence-corrected chi connectivity index (χ3v) is 7.70. The largest absolute Gasteiger partial charge is 0.497 e. The van der Waals surface area contributed by atoms with Crippen LogP contribution in [0.4, 0.5) is 5.69 Å². The SMILES string of the molecule is C=C[C@H]1CN2CCC1C[C@H]2[C@H](O)C1=CC(C(=O)c2ccc(Cl)cc2)Nc2ccc(OC)cc21. The molecule has 4 aliphatic heterocycles. The Morgan fingerprint density at radius 2 is 2.09 bits per heavy atom. The van der Waals surface area contributed by atoms with Gasteiger partial charge in [-0.3, -0.25) is 9.69 Å². The molecule has 3 saturated heterocycles. The van der Waals surface area contributed by atoms with Crippen molar-refractivity contribution in [3.05, 3.63) is 77.3 Å². The maximum absolute atomic E-state index is 13.3. The summed E-state index contributed by atoms with van der Waals surface area (Å²) < 4.78 is 5.45. The molecule has 0 radical (unpaired) electrons. The van der Waals surface area contributed by atoms with Crippen LogP contribution in [0.15, 0.2) is 61.2 Å². The quantitative estimate of drug-likeness (QED) is 0.480. The molecule has 3 unspecified atom stereocenters. The lowest BCUT2D eigenvalue weighted by Crippen LogP contribution is -2.57. The number of fused-ring (bicyclic) bond motifs is 4. The summed E-state index contributed by atoms with van der Waals surface area (Å²) in [6.07, 6.45) is 5.31. The van der Waals surface area contributed by atoms with Crippen molar-refractivity contribution in [3.8, 4) is 5.75 Å². The topological polar surface area (TPSA) is 61.8 Å². The number of aliphatic hydroxyl groups excluding tert-OH is 1. The van der Waals surface area contributed by atoms with Crippen molar-refractivity contribution in [2.24, 2.45) is 11.8 Å². The Morgan fingerprint density at radius 3 is 2.76 bits per heavy atom. The number of nitrogens with zero attached hydrogens (tertiary/aromatic N) is 1. The Labute approximate surface area is 199 Å². The van der Waals surface area contributed by atoms with Gasteiger partial charge >= 0.3 is 0 Å². The van der Waals surface area contributed by atoms with Crippen LogP contribution in [0.1, 0.15) is 28.8 Å². The van der Waals surface area contributed by atoms with Crippen LogP contribution < -0.4 is 10.1 Å². The lowest BCUT2D eigenvalue weighted by Gasteiger charge is -2.51. The monoisotopic (exact) mass is 464 g/mol. The zero-order valence-corrected chi connectivity index (χ0v) is 19.5. The molecule has 0 aliphatic carbocycles. The number of ketones is 1. The zero-order valence-electron chi connectivity index (χ0n) is 18.7. The first kappa shape index (κ1) is 22.2. The van der Waals surface area contributed by atoms with Crippen LogP contribution in [-0.2, 0) is 0 Å². The Morgan fingerprint density at radius 1 is 1.30 bits per heavy atom. The summed E-state index contributed by atoms with van der Waals surface area (Å²) >= 11 is 6.01. The fraction of sp³-hybridized carbons (Fsp3) is 0.370. The number of halogens is 1. The van der Waals surface area contributed by atoms with Gasteiger partial charge < -0.3 is 15.2 Å². The molecule has 6 heteroatoms. The first-order valence-corrected chi connectivity index (χ1v) is 11.9. The molecule has 2 aromatic carbocycles. The van der Waals surface area contributed by atoms with Crippen LogP contribution in [0.25, 0.3) is 5.57 Å². The van der Waals surface area contributed by atoms with E-state index in [-0.39, 0.29) is 11.8 Å². The van der Waals surface area contributed by atoms with Gasteiger partial charge in [0.15, 0.2) is 5.78 Å². The van der Waals surface area contributed by atoms with Gasteiger partial charge in [-0.15, -0.1) is 6.58 Å². The first-order valence-electron chi connectivity index (χ1n) is 11.5. The molecule has 5 nitrogen and oxygen atoms in total. The van der Waals surface area contributed by atoms with Crippen molar-refractivity contribution in [3.63, 3.8) is 0 Å². The molecule has 0 amide bonds. The number of hydrogen-bond acceptors (Lipinski definition) is 5. The summed E-state index contributed by atoms with van der Waals surface area (Å²) in [4.78, 5) is 15.7. The van der Waals surface area contributed by atoms with Crippen molar-refractivity contribution in [1.29, 1.82) is 0 Å². The number of piperidine rings is 3. The second kappa shape index (κ2) is 8.98. The summed E-state index contributed by atoms with van der Waals surface area (Å²) in [6.45, 7) is 5.92. The van der Waals surface area contributed by atoms with Gasteiger partial charge in [0.05, 0.1) is 13.2 Å². The average molecular weight is 465 g/mol. The van der Waals surface area contributed by atoms with E-state index in [0.717, 1.165) is 42.8 Å². The number of nitrogens with one attached hydrogen (secondary N) is 1. The van der Waals surface area contributed by atoms with Crippen molar-refractivity contribution in [2.75, 3.05) is 25.5 Å². The first-order chi connectivity index (χ1) is 16.0. The molecule has 0 spiro atoms. The third-order valence-electron chi connectivity index (χ3n) is 7.44. The van der Waals surface area contributed by atoms with Gasteiger partial charge in [0.25, 0.3) is 0 Å². The van der Waals surface area contributed by atoms with Crippen LogP contribution in [0.5, 0.6) is 5.75 Å². The van der Waals surface area contributed by atoms with Crippen LogP contribution in [0.2, 0.25) is 5.02 Å². The van der Waals surface area contributed by atoms with E-state index < -0.39 is 12.1 Å². The van der Waals surface area contributed by atoms with E-state index in [9.17, 15) is 9.90 Å². The second-order valence-electron chi connectivity index (χ2n) is 9.22. The number of benzene rings is 2. The second-order valence-corrected chi connectivity index (χ2v) is 9.65. The molecular formula is C27H29ClN2O3. The number of carbonyl (C=O) groups is 1. The lowest BCUT2D eigenvalue weighted by atomic mass is 9.73.